The summed E-state index contributed by atoms with van der Waals surface area (Å²) >= 11 is 0. The molecule has 32 heavy (non-hydrogen) atoms. The van der Waals surface area contributed by atoms with Crippen molar-refractivity contribution in [3.05, 3.63) is 89.1 Å². The highest BCUT2D eigenvalue weighted by atomic mass is 16.2. The van der Waals surface area contributed by atoms with Gasteiger partial charge < -0.3 is 9.80 Å². The third-order valence-corrected chi connectivity index (χ3v) is 5.88. The molecule has 2 aromatic carbocycles. The molecule has 3 aromatic rings. The third kappa shape index (κ3) is 5.14. The van der Waals surface area contributed by atoms with E-state index in [2.05, 4.69) is 85.5 Å². The molecule has 0 saturated carbocycles. The van der Waals surface area contributed by atoms with Gasteiger partial charge in [0.2, 0.25) is 0 Å². The molecule has 0 bridgehead atoms. The van der Waals surface area contributed by atoms with Crippen molar-refractivity contribution in [2.75, 3.05) is 32.1 Å². The van der Waals surface area contributed by atoms with Crippen LogP contribution in [0, 0.1) is 6.92 Å². The van der Waals surface area contributed by atoms with Crippen molar-refractivity contribution in [2.24, 2.45) is 0 Å². The molecule has 0 N–H and O–H groups in total. The molecule has 4 nitrogen and oxygen atoms in total. The fourth-order valence-electron chi connectivity index (χ4n) is 4.06. The molecule has 1 aliphatic rings. The number of anilines is 1. The lowest BCUT2D eigenvalue weighted by Crippen LogP contribution is -2.35. The molecule has 4 heteroatoms. The lowest BCUT2D eigenvalue weighted by molar-refractivity contribution is 0.0985. The number of hydrogen-bond acceptors (Lipinski definition) is 3. The maximum atomic E-state index is 13.3. The first-order chi connectivity index (χ1) is 15.5. The molecule has 0 fully saturated rings. The third-order valence-electron chi connectivity index (χ3n) is 5.88. The molecule has 1 amide bonds. The van der Waals surface area contributed by atoms with Crippen molar-refractivity contribution in [1.82, 2.24) is 9.88 Å². The van der Waals surface area contributed by atoms with E-state index in [0.717, 1.165) is 49.3 Å². The van der Waals surface area contributed by atoms with Gasteiger partial charge >= 0.3 is 0 Å². The predicted octanol–water partition coefficient (Wildman–Crippen LogP) is 5.61. The zero-order valence-electron chi connectivity index (χ0n) is 19.2. The summed E-state index contributed by atoms with van der Waals surface area (Å²) in [4.78, 5) is 21.9. The second-order valence-corrected chi connectivity index (χ2v) is 8.74. The lowest BCUT2D eigenvalue weighted by Gasteiger charge is -2.30. The summed E-state index contributed by atoms with van der Waals surface area (Å²) in [6.45, 7) is 3.85. The number of aromatic nitrogens is 1. The number of pyridine rings is 1. The fourth-order valence-corrected chi connectivity index (χ4v) is 4.06. The quantitative estimate of drug-likeness (QED) is 0.515. The van der Waals surface area contributed by atoms with E-state index < -0.39 is 0 Å². The SMILES string of the molecule is Cc1ccc(-c2ccc(C(=O)N3CCCc4cc(C=CCCN(C)C)ccc43)cn2)cc1. The van der Waals surface area contributed by atoms with Gasteiger partial charge in [0.15, 0.2) is 0 Å². The van der Waals surface area contributed by atoms with Gasteiger partial charge in [0.05, 0.1) is 11.3 Å². The molecule has 0 saturated heterocycles. The Balaban J connectivity index is 1.50. The van der Waals surface area contributed by atoms with E-state index in [-0.39, 0.29) is 5.91 Å². The normalized spacial score (nSPS) is 13.6. The van der Waals surface area contributed by atoms with Gasteiger partial charge in [-0.25, -0.2) is 0 Å². The van der Waals surface area contributed by atoms with E-state index in [9.17, 15) is 4.79 Å². The molecular formula is C28H31N3O. The van der Waals surface area contributed by atoms with Gasteiger partial charge in [0.1, 0.15) is 0 Å². The maximum absolute atomic E-state index is 13.3. The van der Waals surface area contributed by atoms with E-state index in [1.807, 2.05) is 17.0 Å². The van der Waals surface area contributed by atoms with Crippen molar-refractivity contribution in [2.45, 2.75) is 26.2 Å². The van der Waals surface area contributed by atoms with Crippen molar-refractivity contribution in [3.8, 4) is 11.3 Å². The Hall–Kier alpha value is -3.24. The average Bonchev–Trinajstić information content (AvgIpc) is 2.81. The maximum Gasteiger partial charge on any atom is 0.259 e. The van der Waals surface area contributed by atoms with Crippen molar-refractivity contribution >= 4 is 17.7 Å². The molecule has 2 heterocycles. The summed E-state index contributed by atoms with van der Waals surface area (Å²) in [5, 5.41) is 0. The van der Waals surface area contributed by atoms with Gasteiger partial charge in [-0.2, -0.15) is 0 Å². The number of fused-ring (bicyclic) bond motifs is 1. The van der Waals surface area contributed by atoms with Gasteiger partial charge in [-0.05, 0) is 75.7 Å². The predicted molar refractivity (Wildman–Crippen MR) is 133 cm³/mol. The Morgan fingerprint density at radius 1 is 1.09 bits per heavy atom. The smallest absolute Gasteiger partial charge is 0.259 e. The Kier molecular flexibility index (Phi) is 6.81. The Bertz CT molecular complexity index is 1100. The van der Waals surface area contributed by atoms with E-state index in [1.54, 1.807) is 6.20 Å². The summed E-state index contributed by atoms with van der Waals surface area (Å²) in [5.74, 6) is 0.0168. The number of benzene rings is 2. The monoisotopic (exact) mass is 425 g/mol. The number of hydrogen-bond donors (Lipinski definition) is 0. The van der Waals surface area contributed by atoms with Crippen LogP contribution in [0.25, 0.3) is 17.3 Å². The summed E-state index contributed by atoms with van der Waals surface area (Å²) < 4.78 is 0. The molecule has 0 radical (unpaired) electrons. The summed E-state index contributed by atoms with van der Waals surface area (Å²) in [6, 6.07) is 18.5. The molecule has 0 aliphatic carbocycles. The van der Waals surface area contributed by atoms with Crippen LogP contribution in [0.1, 0.15) is 39.9 Å². The minimum atomic E-state index is 0.0168. The second-order valence-electron chi connectivity index (χ2n) is 8.74. The van der Waals surface area contributed by atoms with Crippen molar-refractivity contribution in [1.29, 1.82) is 0 Å². The molecular weight excluding hydrogens is 394 g/mol. The van der Waals surface area contributed by atoms with E-state index in [4.69, 9.17) is 0 Å². The van der Waals surface area contributed by atoms with Crippen LogP contribution in [0.4, 0.5) is 5.69 Å². The number of nitrogens with zero attached hydrogens (tertiary/aromatic N) is 3. The molecule has 1 aromatic heterocycles. The van der Waals surface area contributed by atoms with Crippen LogP contribution < -0.4 is 4.90 Å². The van der Waals surface area contributed by atoms with Gasteiger partial charge in [0, 0.05) is 30.5 Å². The summed E-state index contributed by atoms with van der Waals surface area (Å²) in [7, 11) is 4.17. The van der Waals surface area contributed by atoms with E-state index in [1.165, 1.54) is 16.7 Å². The number of carbonyl (C=O) groups excluding carboxylic acids is 1. The van der Waals surface area contributed by atoms with E-state index in [0.29, 0.717) is 5.56 Å². The molecule has 1 aliphatic heterocycles. The molecule has 164 valence electrons. The molecule has 0 atom stereocenters. The van der Waals surface area contributed by atoms with Gasteiger partial charge in [-0.1, -0.05) is 48.0 Å². The van der Waals surface area contributed by atoms with Gasteiger partial charge in [-0.15, -0.1) is 0 Å². The van der Waals surface area contributed by atoms with Gasteiger partial charge in [-0.3, -0.25) is 9.78 Å². The van der Waals surface area contributed by atoms with Crippen LogP contribution in [-0.4, -0.2) is 43.0 Å². The molecule has 4 rings (SSSR count). The highest BCUT2D eigenvalue weighted by molar-refractivity contribution is 6.06. The minimum absolute atomic E-state index is 0.0168. The number of carbonyl (C=O) groups is 1. The molecule has 0 spiro atoms. The number of rotatable bonds is 6. The highest BCUT2D eigenvalue weighted by Gasteiger charge is 2.24. The van der Waals surface area contributed by atoms with Crippen molar-refractivity contribution < 1.29 is 4.79 Å². The first-order valence-corrected chi connectivity index (χ1v) is 11.3. The van der Waals surface area contributed by atoms with Crippen LogP contribution in [0.3, 0.4) is 0 Å². The zero-order chi connectivity index (χ0) is 22.5. The van der Waals surface area contributed by atoms with Crippen LogP contribution in [0.5, 0.6) is 0 Å². The summed E-state index contributed by atoms with van der Waals surface area (Å²) in [5.41, 5.74) is 7.24. The van der Waals surface area contributed by atoms with Crippen LogP contribution in [0.2, 0.25) is 0 Å². The van der Waals surface area contributed by atoms with Crippen LogP contribution in [-0.2, 0) is 6.42 Å². The minimum Gasteiger partial charge on any atom is -0.309 e. The lowest BCUT2D eigenvalue weighted by atomic mass is 9.98. The first-order valence-electron chi connectivity index (χ1n) is 11.3. The largest absolute Gasteiger partial charge is 0.309 e. The number of aryl methyl sites for hydroxylation is 2. The van der Waals surface area contributed by atoms with Crippen LogP contribution >= 0.6 is 0 Å². The standard InChI is InChI=1S/C28H31N3O/c1-21-9-12-23(13-10-21)26-15-14-25(20-29-26)28(32)31-18-6-8-24-19-22(11-16-27(24)31)7-4-5-17-30(2)3/h4,7,9-16,19-20H,5-6,8,17-18H2,1-3H3. The van der Waals surface area contributed by atoms with Crippen molar-refractivity contribution in [3.63, 3.8) is 0 Å². The Labute approximate surface area is 191 Å². The number of amides is 1. The molecule has 0 unspecified atom stereocenters. The fraction of sp³-hybridized carbons (Fsp3) is 0.286. The van der Waals surface area contributed by atoms with Crippen LogP contribution in [0.15, 0.2) is 66.9 Å². The Morgan fingerprint density at radius 2 is 1.91 bits per heavy atom. The average molecular weight is 426 g/mol. The Morgan fingerprint density at radius 3 is 2.62 bits per heavy atom. The highest BCUT2D eigenvalue weighted by Crippen LogP contribution is 2.30. The summed E-state index contributed by atoms with van der Waals surface area (Å²) in [6.07, 6.45) is 9.10. The second kappa shape index (κ2) is 9.92. The van der Waals surface area contributed by atoms with E-state index >= 15 is 0 Å². The zero-order valence-corrected chi connectivity index (χ0v) is 19.2. The van der Waals surface area contributed by atoms with Gasteiger partial charge in [0.25, 0.3) is 5.91 Å². The first kappa shape index (κ1) is 22.0. The topological polar surface area (TPSA) is 36.4 Å².